The molecule has 0 heterocycles. The van der Waals surface area contributed by atoms with Crippen LogP contribution in [0.1, 0.15) is 17.3 Å². The van der Waals surface area contributed by atoms with Gasteiger partial charge >= 0.3 is 0 Å². The van der Waals surface area contributed by atoms with E-state index in [1.165, 1.54) is 6.92 Å². The maximum atomic E-state index is 11.6. The van der Waals surface area contributed by atoms with E-state index in [-0.39, 0.29) is 5.78 Å². The summed E-state index contributed by atoms with van der Waals surface area (Å²) in [5.74, 6) is 1.33. The first-order valence-electron chi connectivity index (χ1n) is 6.38. The quantitative estimate of drug-likeness (QED) is 0.500. The molecular formula is C16H14Br2O3. The van der Waals surface area contributed by atoms with Crippen molar-refractivity contribution >= 4 is 37.6 Å². The molecule has 5 heteroatoms. The molecular weight excluding hydrogens is 400 g/mol. The van der Waals surface area contributed by atoms with Gasteiger partial charge in [0, 0.05) is 8.95 Å². The van der Waals surface area contributed by atoms with Crippen molar-refractivity contribution in [3.63, 3.8) is 0 Å². The second kappa shape index (κ2) is 7.61. The van der Waals surface area contributed by atoms with Gasteiger partial charge in [-0.2, -0.15) is 0 Å². The summed E-state index contributed by atoms with van der Waals surface area (Å²) in [6, 6.07) is 13.0. The highest BCUT2D eigenvalue weighted by Gasteiger charge is 2.09. The molecule has 2 rings (SSSR count). The molecule has 0 saturated carbocycles. The van der Waals surface area contributed by atoms with Crippen LogP contribution in [0.5, 0.6) is 11.5 Å². The number of benzene rings is 2. The maximum absolute atomic E-state index is 11.6. The van der Waals surface area contributed by atoms with Crippen molar-refractivity contribution in [2.75, 3.05) is 13.2 Å². The van der Waals surface area contributed by atoms with Gasteiger partial charge in [0.2, 0.25) is 0 Å². The van der Waals surface area contributed by atoms with Gasteiger partial charge in [0.05, 0.1) is 5.56 Å². The van der Waals surface area contributed by atoms with Gasteiger partial charge in [-0.3, -0.25) is 4.79 Å². The fraction of sp³-hybridized carbons (Fsp3) is 0.188. The number of hydrogen-bond donors (Lipinski definition) is 0. The summed E-state index contributed by atoms with van der Waals surface area (Å²) in [4.78, 5) is 11.6. The molecule has 21 heavy (non-hydrogen) atoms. The van der Waals surface area contributed by atoms with E-state index in [9.17, 15) is 4.79 Å². The third-order valence-corrected chi connectivity index (χ3v) is 3.77. The van der Waals surface area contributed by atoms with Gasteiger partial charge in [-0.1, -0.05) is 31.9 Å². The highest BCUT2D eigenvalue weighted by atomic mass is 79.9. The molecule has 2 aromatic carbocycles. The van der Waals surface area contributed by atoms with Gasteiger partial charge in [-0.25, -0.2) is 0 Å². The predicted molar refractivity (Wildman–Crippen MR) is 89.3 cm³/mol. The fourth-order valence-corrected chi connectivity index (χ4v) is 2.37. The van der Waals surface area contributed by atoms with Gasteiger partial charge < -0.3 is 9.47 Å². The smallest absolute Gasteiger partial charge is 0.163 e. The van der Waals surface area contributed by atoms with Crippen LogP contribution < -0.4 is 9.47 Å². The van der Waals surface area contributed by atoms with E-state index in [0.717, 1.165) is 14.7 Å². The van der Waals surface area contributed by atoms with Crippen molar-refractivity contribution in [1.29, 1.82) is 0 Å². The van der Waals surface area contributed by atoms with E-state index in [0.29, 0.717) is 24.5 Å². The van der Waals surface area contributed by atoms with Crippen LogP contribution in [-0.4, -0.2) is 19.0 Å². The molecule has 0 atom stereocenters. The van der Waals surface area contributed by atoms with Crippen LogP contribution in [0.15, 0.2) is 51.4 Å². The molecule has 2 aromatic rings. The summed E-state index contributed by atoms with van der Waals surface area (Å²) in [7, 11) is 0. The van der Waals surface area contributed by atoms with E-state index < -0.39 is 0 Å². The molecule has 0 saturated heterocycles. The van der Waals surface area contributed by atoms with E-state index in [1.54, 1.807) is 12.1 Å². The molecule has 0 aromatic heterocycles. The minimum Gasteiger partial charge on any atom is -0.490 e. The Morgan fingerprint density at radius 1 is 0.952 bits per heavy atom. The zero-order valence-corrected chi connectivity index (χ0v) is 14.6. The standard InChI is InChI=1S/C16H14Br2O3/c1-11(19)15-10-13(18)4-7-16(15)21-9-8-20-14-5-2-12(17)3-6-14/h2-7,10H,8-9H2,1H3. The average molecular weight is 414 g/mol. The Labute approximate surface area is 140 Å². The predicted octanol–water partition coefficient (Wildman–Crippen LogP) is 4.87. The largest absolute Gasteiger partial charge is 0.490 e. The lowest BCUT2D eigenvalue weighted by atomic mass is 10.1. The van der Waals surface area contributed by atoms with Crippen LogP contribution in [0.25, 0.3) is 0 Å². The highest BCUT2D eigenvalue weighted by Crippen LogP contribution is 2.23. The lowest BCUT2D eigenvalue weighted by molar-refractivity contribution is 0.101. The Morgan fingerprint density at radius 2 is 1.57 bits per heavy atom. The van der Waals surface area contributed by atoms with Crippen molar-refractivity contribution in [1.82, 2.24) is 0 Å². The summed E-state index contributed by atoms with van der Waals surface area (Å²) < 4.78 is 13.0. The normalized spacial score (nSPS) is 10.2. The van der Waals surface area contributed by atoms with E-state index >= 15 is 0 Å². The molecule has 110 valence electrons. The molecule has 0 bridgehead atoms. The lowest BCUT2D eigenvalue weighted by Crippen LogP contribution is -2.10. The SMILES string of the molecule is CC(=O)c1cc(Br)ccc1OCCOc1ccc(Br)cc1. The van der Waals surface area contributed by atoms with Gasteiger partial charge in [0.1, 0.15) is 24.7 Å². The molecule has 0 aliphatic rings. The lowest BCUT2D eigenvalue weighted by Gasteiger charge is -2.11. The summed E-state index contributed by atoms with van der Waals surface area (Å²) in [5.41, 5.74) is 0.563. The molecule has 0 radical (unpaired) electrons. The highest BCUT2D eigenvalue weighted by molar-refractivity contribution is 9.10. The van der Waals surface area contributed by atoms with E-state index in [4.69, 9.17) is 9.47 Å². The van der Waals surface area contributed by atoms with Crippen LogP contribution in [0.4, 0.5) is 0 Å². The number of ether oxygens (including phenoxy) is 2. The van der Waals surface area contributed by atoms with Crippen molar-refractivity contribution in [2.24, 2.45) is 0 Å². The molecule has 0 fully saturated rings. The summed E-state index contributed by atoms with van der Waals surface area (Å²) in [5, 5.41) is 0. The van der Waals surface area contributed by atoms with Crippen LogP contribution in [0.2, 0.25) is 0 Å². The number of halogens is 2. The van der Waals surface area contributed by atoms with E-state index in [1.807, 2.05) is 30.3 Å². The topological polar surface area (TPSA) is 35.5 Å². The number of carbonyl (C=O) groups excluding carboxylic acids is 1. The summed E-state index contributed by atoms with van der Waals surface area (Å²) in [6.07, 6.45) is 0. The zero-order valence-electron chi connectivity index (χ0n) is 11.4. The van der Waals surface area contributed by atoms with Crippen molar-refractivity contribution in [3.05, 3.63) is 57.0 Å². The Bertz CT molecular complexity index is 624. The molecule has 0 aliphatic carbocycles. The van der Waals surface area contributed by atoms with Crippen LogP contribution in [0, 0.1) is 0 Å². The molecule has 3 nitrogen and oxygen atoms in total. The zero-order chi connectivity index (χ0) is 15.2. The Morgan fingerprint density at radius 3 is 2.24 bits per heavy atom. The molecule has 0 amide bonds. The second-order valence-corrected chi connectivity index (χ2v) is 6.18. The number of rotatable bonds is 6. The Kier molecular flexibility index (Phi) is 5.82. The van der Waals surface area contributed by atoms with Crippen LogP contribution in [-0.2, 0) is 0 Å². The number of carbonyl (C=O) groups is 1. The number of hydrogen-bond acceptors (Lipinski definition) is 3. The molecule has 0 aliphatic heterocycles. The second-order valence-electron chi connectivity index (χ2n) is 4.35. The number of Topliss-reactive ketones (excluding diaryl/α,β-unsaturated/α-hetero) is 1. The van der Waals surface area contributed by atoms with Crippen molar-refractivity contribution < 1.29 is 14.3 Å². The first-order valence-corrected chi connectivity index (χ1v) is 7.96. The van der Waals surface area contributed by atoms with Gasteiger partial charge in [-0.15, -0.1) is 0 Å². The minimum absolute atomic E-state index is 0.0277. The van der Waals surface area contributed by atoms with Crippen LogP contribution in [0.3, 0.4) is 0 Å². The number of ketones is 1. The Balaban J connectivity index is 1.89. The summed E-state index contributed by atoms with van der Waals surface area (Å²) >= 11 is 6.72. The van der Waals surface area contributed by atoms with Gasteiger partial charge in [0.15, 0.2) is 5.78 Å². The van der Waals surface area contributed by atoms with Crippen molar-refractivity contribution in [3.8, 4) is 11.5 Å². The van der Waals surface area contributed by atoms with E-state index in [2.05, 4.69) is 31.9 Å². The van der Waals surface area contributed by atoms with Crippen molar-refractivity contribution in [2.45, 2.75) is 6.92 Å². The van der Waals surface area contributed by atoms with Gasteiger partial charge in [0.25, 0.3) is 0 Å². The van der Waals surface area contributed by atoms with Crippen LogP contribution >= 0.6 is 31.9 Å². The summed E-state index contributed by atoms with van der Waals surface area (Å²) in [6.45, 7) is 2.31. The first kappa shape index (κ1) is 16.0. The van der Waals surface area contributed by atoms with Gasteiger partial charge in [-0.05, 0) is 49.4 Å². The fourth-order valence-electron chi connectivity index (χ4n) is 1.75. The monoisotopic (exact) mass is 412 g/mol. The Hall–Kier alpha value is -1.33. The average Bonchev–Trinajstić information content (AvgIpc) is 2.46. The molecule has 0 spiro atoms. The first-order chi connectivity index (χ1) is 10.1. The third kappa shape index (κ3) is 4.86. The maximum Gasteiger partial charge on any atom is 0.163 e. The third-order valence-electron chi connectivity index (χ3n) is 2.74. The molecule has 0 N–H and O–H groups in total. The minimum atomic E-state index is -0.0277. The molecule has 0 unspecified atom stereocenters.